The van der Waals surface area contributed by atoms with Gasteiger partial charge in [-0.3, -0.25) is 4.79 Å². The van der Waals surface area contributed by atoms with Crippen LogP contribution in [0.3, 0.4) is 0 Å². The number of halogens is 1. The minimum Gasteiger partial charge on any atom is -0.490 e. The molecule has 0 unspecified atom stereocenters. The molecule has 0 heterocycles. The van der Waals surface area contributed by atoms with Crippen molar-refractivity contribution in [3.63, 3.8) is 0 Å². The van der Waals surface area contributed by atoms with E-state index < -0.39 is 15.7 Å². The Morgan fingerprint density at radius 3 is 2.46 bits per heavy atom. The Hall–Kier alpha value is -2.09. The van der Waals surface area contributed by atoms with Gasteiger partial charge in [-0.1, -0.05) is 37.6 Å². The summed E-state index contributed by atoms with van der Waals surface area (Å²) in [7, 11) is -3.45. The summed E-state index contributed by atoms with van der Waals surface area (Å²) in [5.74, 6) is 0.0358. The van der Waals surface area contributed by atoms with Gasteiger partial charge in [0.25, 0.3) is 5.91 Å². The van der Waals surface area contributed by atoms with Crippen LogP contribution in [0, 0.1) is 0 Å². The SMILES string of the molecule is CCN(CC)CCOc1ccccc1NC(=O)c1cc(S(C)(=O)=O)ccc1Cl. The summed E-state index contributed by atoms with van der Waals surface area (Å²) in [6, 6.07) is 11.1. The number of amides is 1. The summed E-state index contributed by atoms with van der Waals surface area (Å²) in [6.07, 6.45) is 1.08. The van der Waals surface area contributed by atoms with E-state index in [0.717, 1.165) is 25.9 Å². The summed E-state index contributed by atoms with van der Waals surface area (Å²) in [4.78, 5) is 15.0. The minimum absolute atomic E-state index is 0.0332. The number of hydrogen-bond acceptors (Lipinski definition) is 5. The van der Waals surface area contributed by atoms with Gasteiger partial charge in [0.05, 0.1) is 21.2 Å². The number of nitrogens with one attached hydrogen (secondary N) is 1. The van der Waals surface area contributed by atoms with Crippen molar-refractivity contribution in [1.29, 1.82) is 0 Å². The van der Waals surface area contributed by atoms with Crippen LogP contribution in [-0.4, -0.2) is 51.7 Å². The molecule has 1 N–H and O–H groups in total. The molecule has 0 aliphatic rings. The Morgan fingerprint density at radius 2 is 1.82 bits per heavy atom. The van der Waals surface area contributed by atoms with Crippen LogP contribution in [0.2, 0.25) is 5.02 Å². The normalized spacial score (nSPS) is 11.5. The molecule has 0 bridgehead atoms. The predicted octanol–water partition coefficient (Wildman–Crippen LogP) is 3.72. The topological polar surface area (TPSA) is 75.7 Å². The first-order valence-corrected chi connectivity index (χ1v) is 11.3. The van der Waals surface area contributed by atoms with Crippen LogP contribution in [0.1, 0.15) is 24.2 Å². The Kier molecular flexibility index (Phi) is 7.86. The van der Waals surface area contributed by atoms with Crippen LogP contribution in [0.5, 0.6) is 5.75 Å². The smallest absolute Gasteiger partial charge is 0.257 e. The van der Waals surface area contributed by atoms with Gasteiger partial charge in [-0.15, -0.1) is 0 Å². The molecule has 0 saturated carbocycles. The number of anilines is 1. The Bertz CT molecular complexity index is 928. The average molecular weight is 425 g/mol. The highest BCUT2D eigenvalue weighted by Crippen LogP contribution is 2.26. The van der Waals surface area contributed by atoms with E-state index in [9.17, 15) is 13.2 Å². The number of carbonyl (C=O) groups is 1. The number of carbonyl (C=O) groups excluding carboxylic acids is 1. The van der Waals surface area contributed by atoms with Crippen molar-refractivity contribution in [3.8, 4) is 5.75 Å². The summed E-state index contributed by atoms with van der Waals surface area (Å²) in [5.41, 5.74) is 0.579. The number of ether oxygens (including phenoxy) is 1. The largest absolute Gasteiger partial charge is 0.490 e. The van der Waals surface area contributed by atoms with Gasteiger partial charge in [0.1, 0.15) is 12.4 Å². The van der Waals surface area contributed by atoms with Crippen LogP contribution in [0.4, 0.5) is 5.69 Å². The van der Waals surface area contributed by atoms with Crippen molar-refractivity contribution in [3.05, 3.63) is 53.1 Å². The zero-order valence-electron chi connectivity index (χ0n) is 16.2. The summed E-state index contributed by atoms with van der Waals surface area (Å²) in [6.45, 7) is 7.31. The summed E-state index contributed by atoms with van der Waals surface area (Å²) < 4.78 is 29.3. The van der Waals surface area contributed by atoms with Gasteiger partial charge in [-0.05, 0) is 43.4 Å². The second kappa shape index (κ2) is 9.91. The van der Waals surface area contributed by atoms with Crippen molar-refractivity contribution >= 4 is 33.0 Å². The maximum Gasteiger partial charge on any atom is 0.257 e. The zero-order valence-corrected chi connectivity index (χ0v) is 17.8. The van der Waals surface area contributed by atoms with Crippen molar-refractivity contribution in [2.24, 2.45) is 0 Å². The lowest BCUT2D eigenvalue weighted by Gasteiger charge is -2.19. The van der Waals surface area contributed by atoms with Crippen LogP contribution in [0.25, 0.3) is 0 Å². The van der Waals surface area contributed by atoms with Gasteiger partial charge in [0, 0.05) is 12.8 Å². The number of hydrogen-bond donors (Lipinski definition) is 1. The molecule has 0 saturated heterocycles. The van der Waals surface area contributed by atoms with Gasteiger partial charge in [0.15, 0.2) is 9.84 Å². The molecule has 2 aromatic rings. The van der Waals surface area contributed by atoms with Crippen LogP contribution in [-0.2, 0) is 9.84 Å². The quantitative estimate of drug-likeness (QED) is 0.664. The first kappa shape index (κ1) is 22.2. The minimum atomic E-state index is -3.45. The molecule has 0 fully saturated rings. The predicted molar refractivity (Wildman–Crippen MR) is 112 cm³/mol. The molecule has 2 aromatic carbocycles. The standard InChI is InChI=1S/C20H25ClN2O4S/c1-4-23(5-2)12-13-27-19-9-7-6-8-18(19)22-20(24)16-14-15(28(3,25)26)10-11-17(16)21/h6-11,14H,4-5,12-13H2,1-3H3,(H,22,24). The number of benzene rings is 2. The lowest BCUT2D eigenvalue weighted by Crippen LogP contribution is -2.28. The molecule has 2 rings (SSSR count). The summed E-state index contributed by atoms with van der Waals surface area (Å²) in [5, 5.41) is 2.93. The van der Waals surface area contributed by atoms with Crippen molar-refractivity contribution in [2.45, 2.75) is 18.7 Å². The fourth-order valence-electron chi connectivity index (χ4n) is 2.62. The van der Waals surface area contributed by atoms with Crippen LogP contribution >= 0.6 is 11.6 Å². The highest BCUT2D eigenvalue weighted by Gasteiger charge is 2.17. The molecule has 0 radical (unpaired) electrons. The number of para-hydroxylation sites is 2. The van der Waals surface area contributed by atoms with E-state index in [2.05, 4.69) is 24.1 Å². The van der Waals surface area contributed by atoms with Crippen molar-refractivity contribution in [2.75, 3.05) is 37.8 Å². The van der Waals surface area contributed by atoms with Gasteiger partial charge < -0.3 is 15.0 Å². The van der Waals surface area contributed by atoms with Crippen molar-refractivity contribution < 1.29 is 17.9 Å². The Morgan fingerprint density at radius 1 is 1.14 bits per heavy atom. The van der Waals surface area contributed by atoms with E-state index in [1.165, 1.54) is 18.2 Å². The fraction of sp³-hybridized carbons (Fsp3) is 0.350. The molecule has 8 heteroatoms. The van der Waals surface area contributed by atoms with Crippen LogP contribution in [0.15, 0.2) is 47.4 Å². The third-order valence-electron chi connectivity index (χ3n) is 4.31. The zero-order chi connectivity index (χ0) is 20.7. The van der Waals surface area contributed by atoms with Gasteiger partial charge >= 0.3 is 0 Å². The lowest BCUT2D eigenvalue weighted by atomic mass is 10.2. The molecule has 28 heavy (non-hydrogen) atoms. The lowest BCUT2D eigenvalue weighted by molar-refractivity contribution is 0.102. The van der Waals surface area contributed by atoms with E-state index in [0.29, 0.717) is 18.0 Å². The molecule has 0 atom stereocenters. The third kappa shape index (κ3) is 5.95. The first-order chi connectivity index (χ1) is 13.3. The molecule has 0 aromatic heterocycles. The van der Waals surface area contributed by atoms with Crippen molar-refractivity contribution in [1.82, 2.24) is 4.90 Å². The highest BCUT2D eigenvalue weighted by atomic mass is 35.5. The molecule has 0 aliphatic heterocycles. The summed E-state index contributed by atoms with van der Waals surface area (Å²) >= 11 is 6.11. The Labute approximate surface area is 171 Å². The molecular weight excluding hydrogens is 400 g/mol. The number of rotatable bonds is 9. The van der Waals surface area contributed by atoms with E-state index in [4.69, 9.17) is 16.3 Å². The monoisotopic (exact) mass is 424 g/mol. The number of likely N-dealkylation sites (N-methyl/N-ethyl adjacent to an activating group) is 1. The maximum absolute atomic E-state index is 12.7. The maximum atomic E-state index is 12.7. The van der Waals surface area contributed by atoms with E-state index in [-0.39, 0.29) is 15.5 Å². The van der Waals surface area contributed by atoms with E-state index >= 15 is 0 Å². The van der Waals surface area contributed by atoms with Crippen LogP contribution < -0.4 is 10.1 Å². The van der Waals surface area contributed by atoms with Gasteiger partial charge in [-0.25, -0.2) is 8.42 Å². The number of nitrogens with zero attached hydrogens (tertiary/aromatic N) is 1. The fourth-order valence-corrected chi connectivity index (χ4v) is 3.47. The molecular formula is C20H25ClN2O4S. The Balaban J connectivity index is 2.17. The second-order valence-electron chi connectivity index (χ2n) is 6.24. The average Bonchev–Trinajstić information content (AvgIpc) is 2.65. The van der Waals surface area contributed by atoms with Gasteiger partial charge in [-0.2, -0.15) is 0 Å². The molecule has 152 valence electrons. The molecule has 0 spiro atoms. The third-order valence-corrected chi connectivity index (χ3v) is 5.75. The number of sulfone groups is 1. The molecule has 1 amide bonds. The van der Waals surface area contributed by atoms with E-state index in [1.54, 1.807) is 18.2 Å². The van der Waals surface area contributed by atoms with Gasteiger partial charge in [0.2, 0.25) is 0 Å². The van der Waals surface area contributed by atoms with E-state index in [1.807, 2.05) is 6.07 Å². The highest BCUT2D eigenvalue weighted by molar-refractivity contribution is 7.90. The molecule has 6 nitrogen and oxygen atoms in total. The molecule has 0 aliphatic carbocycles. The first-order valence-electron chi connectivity index (χ1n) is 9.01. The second-order valence-corrected chi connectivity index (χ2v) is 8.66.